The first-order valence-corrected chi connectivity index (χ1v) is 8.77. The van der Waals surface area contributed by atoms with E-state index in [1.54, 1.807) is 24.6 Å². The van der Waals surface area contributed by atoms with Crippen LogP contribution < -0.4 is 4.74 Å². The van der Waals surface area contributed by atoms with Crippen molar-refractivity contribution in [1.29, 1.82) is 0 Å². The average molecular weight is 492 g/mol. The number of carbonyl (C=O) groups excluding carboxylic acids is 2. The largest absolute Gasteiger partial charge is 0.424 e. The van der Waals surface area contributed by atoms with Gasteiger partial charge in [-0.1, -0.05) is 15.9 Å². The number of hydrogen-bond donors (Lipinski definition) is 0. The second-order valence-electron chi connectivity index (χ2n) is 5.04. The number of esters is 1. The Morgan fingerprint density at radius 2 is 1.95 bits per heavy atom. The molecule has 0 saturated heterocycles. The molecule has 0 N–H and O–H groups in total. The number of halogens is 3. The fraction of sp³-hybridized carbons (Fsp3) is 0.200. The van der Waals surface area contributed by atoms with E-state index >= 15 is 0 Å². The predicted octanol–water partition coefficient (Wildman–Crippen LogP) is 4.31. The van der Waals surface area contributed by atoms with Crippen molar-refractivity contribution in [3.05, 3.63) is 48.1 Å². The molecule has 4 nitrogen and oxygen atoms in total. The third-order valence-electron chi connectivity index (χ3n) is 3.68. The van der Waals surface area contributed by atoms with Gasteiger partial charge in [0.05, 0.1) is 17.8 Å². The normalized spacial score (nSPS) is 13.2. The molecule has 114 valence electrons. The minimum absolute atomic E-state index is 0.126. The molecular formula is C15H10Br3NO3. The zero-order valence-electron chi connectivity index (χ0n) is 11.7. The molecule has 0 aliphatic carbocycles. The van der Waals surface area contributed by atoms with Gasteiger partial charge in [-0.05, 0) is 50.9 Å². The number of rotatable bonds is 2. The molecule has 3 rings (SSSR count). The van der Waals surface area contributed by atoms with E-state index in [4.69, 9.17) is 4.74 Å². The van der Waals surface area contributed by atoms with Crippen LogP contribution in [0.1, 0.15) is 27.3 Å². The van der Waals surface area contributed by atoms with Crippen LogP contribution in [0.25, 0.3) is 0 Å². The van der Waals surface area contributed by atoms with Gasteiger partial charge in [-0.15, -0.1) is 0 Å². The highest BCUT2D eigenvalue weighted by Gasteiger charge is 2.32. The smallest absolute Gasteiger partial charge is 0.317 e. The van der Waals surface area contributed by atoms with E-state index in [0.717, 1.165) is 14.6 Å². The van der Waals surface area contributed by atoms with Crippen LogP contribution in [0.3, 0.4) is 0 Å². The Bertz CT molecular complexity index is 808. The van der Waals surface area contributed by atoms with Gasteiger partial charge in [0.2, 0.25) is 5.78 Å². The molecule has 0 radical (unpaired) electrons. The van der Waals surface area contributed by atoms with E-state index in [1.165, 1.54) is 0 Å². The first-order chi connectivity index (χ1) is 10.3. The van der Waals surface area contributed by atoms with Crippen LogP contribution in [0.2, 0.25) is 0 Å². The SMILES string of the molecule is Cc1c2c(n(C)c1C(=O)c1cc(Br)cc(Br)c1Br)CC(=O)O2. The third-order valence-corrected chi connectivity index (χ3v) is 6.15. The molecular weight excluding hydrogens is 482 g/mol. The second kappa shape index (κ2) is 5.62. The van der Waals surface area contributed by atoms with Crippen molar-refractivity contribution in [3.63, 3.8) is 0 Å². The van der Waals surface area contributed by atoms with Gasteiger partial charge in [0.1, 0.15) is 0 Å². The molecule has 1 aromatic heterocycles. The molecule has 1 aromatic carbocycles. The summed E-state index contributed by atoms with van der Waals surface area (Å²) >= 11 is 10.3. The van der Waals surface area contributed by atoms with Gasteiger partial charge >= 0.3 is 5.97 Å². The zero-order chi connectivity index (χ0) is 16.2. The summed E-state index contributed by atoms with van der Waals surface area (Å²) in [5.74, 6) is 0.106. The summed E-state index contributed by atoms with van der Waals surface area (Å²) in [6.45, 7) is 1.80. The fourth-order valence-corrected chi connectivity index (χ4v) is 4.29. The van der Waals surface area contributed by atoms with E-state index in [1.807, 2.05) is 6.07 Å². The topological polar surface area (TPSA) is 48.3 Å². The van der Waals surface area contributed by atoms with Gasteiger partial charge in [-0.25, -0.2) is 0 Å². The summed E-state index contributed by atoms with van der Waals surface area (Å²) in [5, 5.41) is 0. The quantitative estimate of drug-likeness (QED) is 0.357. The summed E-state index contributed by atoms with van der Waals surface area (Å²) in [4.78, 5) is 24.4. The average Bonchev–Trinajstić information content (AvgIpc) is 2.93. The van der Waals surface area contributed by atoms with Gasteiger partial charge in [-0.3, -0.25) is 9.59 Å². The first kappa shape index (κ1) is 16.0. The Kier molecular flexibility index (Phi) is 4.07. The maximum atomic E-state index is 13.0. The van der Waals surface area contributed by atoms with Gasteiger partial charge in [0, 0.05) is 31.6 Å². The van der Waals surface area contributed by atoms with E-state index in [0.29, 0.717) is 27.0 Å². The van der Waals surface area contributed by atoms with E-state index < -0.39 is 0 Å². The molecule has 0 saturated carbocycles. The summed E-state index contributed by atoms with van der Waals surface area (Å²) in [5.41, 5.74) is 2.51. The van der Waals surface area contributed by atoms with Crippen LogP contribution in [-0.4, -0.2) is 16.3 Å². The Morgan fingerprint density at radius 3 is 2.59 bits per heavy atom. The molecule has 0 amide bonds. The highest BCUT2D eigenvalue weighted by molar-refractivity contribution is 9.13. The summed E-state index contributed by atoms with van der Waals surface area (Å²) in [6, 6.07) is 3.63. The molecule has 0 spiro atoms. The van der Waals surface area contributed by atoms with Gasteiger partial charge in [-0.2, -0.15) is 0 Å². The van der Waals surface area contributed by atoms with Crippen molar-refractivity contribution in [1.82, 2.24) is 4.57 Å². The van der Waals surface area contributed by atoms with E-state index in [9.17, 15) is 9.59 Å². The zero-order valence-corrected chi connectivity index (χ0v) is 16.4. The van der Waals surface area contributed by atoms with Crippen molar-refractivity contribution in [2.75, 3.05) is 0 Å². The number of carbonyl (C=O) groups is 2. The third kappa shape index (κ3) is 2.39. The number of benzene rings is 1. The lowest BCUT2D eigenvalue weighted by Crippen LogP contribution is -2.13. The Morgan fingerprint density at radius 1 is 1.27 bits per heavy atom. The van der Waals surface area contributed by atoms with Crippen LogP contribution in [0.4, 0.5) is 0 Å². The molecule has 22 heavy (non-hydrogen) atoms. The van der Waals surface area contributed by atoms with Gasteiger partial charge in [0.25, 0.3) is 0 Å². The Hall–Kier alpha value is -0.920. The van der Waals surface area contributed by atoms with Crippen LogP contribution in [0.5, 0.6) is 5.75 Å². The summed E-state index contributed by atoms with van der Waals surface area (Å²) in [7, 11) is 1.78. The minimum atomic E-state index is -0.283. The fourth-order valence-electron chi connectivity index (χ4n) is 2.66. The van der Waals surface area contributed by atoms with Crippen molar-refractivity contribution < 1.29 is 14.3 Å². The van der Waals surface area contributed by atoms with Gasteiger partial charge in [0.15, 0.2) is 5.75 Å². The predicted molar refractivity (Wildman–Crippen MR) is 92.5 cm³/mol. The monoisotopic (exact) mass is 489 g/mol. The number of fused-ring (bicyclic) bond motifs is 1. The lowest BCUT2D eigenvalue weighted by molar-refractivity contribution is -0.131. The van der Waals surface area contributed by atoms with Crippen LogP contribution >= 0.6 is 47.8 Å². The Labute approximate surface area is 152 Å². The van der Waals surface area contributed by atoms with Crippen LogP contribution in [-0.2, 0) is 18.3 Å². The molecule has 2 aromatic rings. The number of hydrogen-bond acceptors (Lipinski definition) is 3. The molecule has 0 atom stereocenters. The molecule has 0 unspecified atom stereocenters. The van der Waals surface area contributed by atoms with Crippen LogP contribution in [0, 0.1) is 6.92 Å². The standard InChI is InChI=1S/C15H10Br3NO3/c1-6-13(19(2)10-5-11(20)22-15(6)10)14(21)8-3-7(16)4-9(17)12(8)18/h3-4H,5H2,1-2H3. The summed E-state index contributed by atoms with van der Waals surface area (Å²) in [6.07, 6.45) is 0.198. The number of ether oxygens (including phenoxy) is 1. The van der Waals surface area contributed by atoms with E-state index in [2.05, 4.69) is 47.8 Å². The number of aromatic nitrogens is 1. The van der Waals surface area contributed by atoms with Gasteiger partial charge < -0.3 is 9.30 Å². The maximum Gasteiger partial charge on any atom is 0.317 e. The van der Waals surface area contributed by atoms with E-state index in [-0.39, 0.29) is 18.2 Å². The van der Waals surface area contributed by atoms with Crippen molar-refractivity contribution in [2.45, 2.75) is 13.3 Å². The summed E-state index contributed by atoms with van der Waals surface area (Å²) < 4.78 is 9.25. The first-order valence-electron chi connectivity index (χ1n) is 6.39. The molecule has 2 heterocycles. The van der Waals surface area contributed by atoms with Crippen molar-refractivity contribution >= 4 is 59.5 Å². The second-order valence-corrected chi connectivity index (χ2v) is 7.60. The number of ketones is 1. The lowest BCUT2D eigenvalue weighted by Gasteiger charge is -2.10. The molecule has 0 fully saturated rings. The Balaban J connectivity index is 2.16. The molecule has 1 aliphatic rings. The van der Waals surface area contributed by atoms with Crippen molar-refractivity contribution in [2.24, 2.45) is 7.05 Å². The minimum Gasteiger partial charge on any atom is -0.424 e. The molecule has 1 aliphatic heterocycles. The maximum absolute atomic E-state index is 13.0. The molecule has 0 bridgehead atoms. The lowest BCUT2D eigenvalue weighted by atomic mass is 10.1. The van der Waals surface area contributed by atoms with Crippen LogP contribution in [0.15, 0.2) is 25.6 Å². The van der Waals surface area contributed by atoms with Crippen molar-refractivity contribution in [3.8, 4) is 5.75 Å². The molecule has 7 heteroatoms. The highest BCUT2D eigenvalue weighted by Crippen LogP contribution is 2.37. The number of nitrogens with zero attached hydrogens (tertiary/aromatic N) is 1. The highest BCUT2D eigenvalue weighted by atomic mass is 79.9.